The number of anilines is 1. The highest BCUT2D eigenvalue weighted by Crippen LogP contribution is 2.32. The fourth-order valence-electron chi connectivity index (χ4n) is 1.37. The zero-order chi connectivity index (χ0) is 9.26. The van der Waals surface area contributed by atoms with E-state index in [1.165, 1.54) is 0 Å². The molecule has 13 heavy (non-hydrogen) atoms. The van der Waals surface area contributed by atoms with Gasteiger partial charge in [-0.15, -0.1) is 0 Å². The summed E-state index contributed by atoms with van der Waals surface area (Å²) in [5.74, 6) is -0.140. The van der Waals surface area contributed by atoms with Gasteiger partial charge in [0.1, 0.15) is 0 Å². The predicted molar refractivity (Wildman–Crippen MR) is 52.8 cm³/mol. The van der Waals surface area contributed by atoms with Gasteiger partial charge in [0.25, 0.3) is 5.91 Å². The number of hydrogen-bond acceptors (Lipinski definition) is 3. The number of carbonyl (C=O) groups is 1. The zero-order valence-corrected chi connectivity index (χ0v) is 7.47. The third-order valence-corrected chi connectivity index (χ3v) is 2.05. The summed E-state index contributed by atoms with van der Waals surface area (Å²) in [6.45, 7) is 0. The minimum atomic E-state index is -0.506. The highest BCUT2D eigenvalue weighted by Gasteiger charge is 2.29. The van der Waals surface area contributed by atoms with Crippen molar-refractivity contribution in [1.82, 2.24) is 0 Å². The predicted octanol–water partition coefficient (Wildman–Crippen LogP) is 1.78. The molecule has 1 amide bonds. The second-order valence-electron chi connectivity index (χ2n) is 2.70. The Balaban J connectivity index is 2.52. The Morgan fingerprint density at radius 1 is 1.46 bits per heavy atom. The zero-order valence-electron chi connectivity index (χ0n) is 6.65. The van der Waals surface area contributed by atoms with Crippen molar-refractivity contribution in [2.24, 2.45) is 4.99 Å². The van der Waals surface area contributed by atoms with E-state index in [9.17, 15) is 4.79 Å². The van der Waals surface area contributed by atoms with Crippen LogP contribution in [0.3, 0.4) is 0 Å². The first-order valence-corrected chi connectivity index (χ1v) is 4.20. The van der Waals surface area contributed by atoms with E-state index < -0.39 is 6.04 Å². The first kappa shape index (κ1) is 8.10. The van der Waals surface area contributed by atoms with Gasteiger partial charge in [-0.25, -0.2) is 4.99 Å². The molecule has 1 heterocycles. The standard InChI is InChI=1S/C9H6N2OS/c12-9-8(10-5-13)6-3-1-2-4-7(6)11-9/h1-4,8H,(H,11,12). The van der Waals surface area contributed by atoms with E-state index >= 15 is 0 Å². The van der Waals surface area contributed by atoms with Crippen LogP contribution < -0.4 is 5.32 Å². The fraction of sp³-hybridized carbons (Fsp3) is 0.111. The highest BCUT2D eigenvalue weighted by molar-refractivity contribution is 7.78. The molecule has 1 unspecified atom stereocenters. The fourth-order valence-corrected chi connectivity index (χ4v) is 1.48. The molecule has 0 spiro atoms. The molecule has 1 aromatic carbocycles. The number of amides is 1. The Bertz CT molecular complexity index is 410. The second kappa shape index (κ2) is 3.09. The summed E-state index contributed by atoms with van der Waals surface area (Å²) < 4.78 is 0. The van der Waals surface area contributed by atoms with Crippen molar-refractivity contribution in [2.75, 3.05) is 5.32 Å². The van der Waals surface area contributed by atoms with E-state index in [1.807, 2.05) is 24.3 Å². The first-order valence-electron chi connectivity index (χ1n) is 3.79. The van der Waals surface area contributed by atoms with E-state index in [1.54, 1.807) is 0 Å². The third-order valence-electron chi connectivity index (χ3n) is 1.94. The number of para-hydroxylation sites is 1. The monoisotopic (exact) mass is 190 g/mol. The molecule has 0 aliphatic carbocycles. The first-order chi connectivity index (χ1) is 6.33. The number of fused-ring (bicyclic) bond motifs is 1. The molecule has 0 saturated heterocycles. The topological polar surface area (TPSA) is 41.5 Å². The second-order valence-corrected chi connectivity index (χ2v) is 2.88. The summed E-state index contributed by atoms with van der Waals surface area (Å²) in [6, 6.07) is 6.92. The molecular formula is C9H6N2OS. The number of benzene rings is 1. The number of nitrogens with zero attached hydrogens (tertiary/aromatic N) is 1. The lowest BCUT2D eigenvalue weighted by molar-refractivity contribution is -0.116. The van der Waals surface area contributed by atoms with Crippen LogP contribution in [0.4, 0.5) is 5.69 Å². The van der Waals surface area contributed by atoms with Gasteiger partial charge in [-0.1, -0.05) is 18.2 Å². The molecule has 1 aliphatic rings. The summed E-state index contributed by atoms with van der Waals surface area (Å²) in [7, 11) is 0. The van der Waals surface area contributed by atoms with E-state index in [4.69, 9.17) is 0 Å². The minimum Gasteiger partial charge on any atom is -0.324 e. The van der Waals surface area contributed by atoms with Crippen LogP contribution in [0.25, 0.3) is 0 Å². The maximum atomic E-state index is 11.3. The van der Waals surface area contributed by atoms with Crippen LogP contribution in [0.2, 0.25) is 0 Å². The van der Waals surface area contributed by atoms with Crippen molar-refractivity contribution in [3.05, 3.63) is 29.8 Å². The minimum absolute atomic E-state index is 0.140. The number of rotatable bonds is 1. The van der Waals surface area contributed by atoms with Crippen LogP contribution in [-0.2, 0) is 4.79 Å². The summed E-state index contributed by atoms with van der Waals surface area (Å²) in [4.78, 5) is 15.1. The van der Waals surface area contributed by atoms with Crippen LogP contribution in [0.5, 0.6) is 0 Å². The van der Waals surface area contributed by atoms with E-state index in [0.29, 0.717) is 0 Å². The molecule has 1 N–H and O–H groups in total. The summed E-state index contributed by atoms with van der Waals surface area (Å²) in [5, 5.41) is 4.94. The molecule has 64 valence electrons. The van der Waals surface area contributed by atoms with Crippen LogP contribution in [0.15, 0.2) is 29.3 Å². The van der Waals surface area contributed by atoms with Crippen molar-refractivity contribution in [2.45, 2.75) is 6.04 Å². The molecule has 4 heteroatoms. The van der Waals surface area contributed by atoms with Crippen molar-refractivity contribution in [3.63, 3.8) is 0 Å². The van der Waals surface area contributed by atoms with Gasteiger partial charge in [0, 0.05) is 11.3 Å². The van der Waals surface area contributed by atoms with Gasteiger partial charge in [-0.05, 0) is 18.3 Å². The number of isothiocyanates is 1. The average molecular weight is 190 g/mol. The molecule has 1 aromatic rings. The normalized spacial score (nSPS) is 18.8. The van der Waals surface area contributed by atoms with Gasteiger partial charge in [0.2, 0.25) is 0 Å². The van der Waals surface area contributed by atoms with Crippen molar-refractivity contribution in [3.8, 4) is 0 Å². The van der Waals surface area contributed by atoms with E-state index in [2.05, 4.69) is 27.7 Å². The third kappa shape index (κ3) is 1.26. The number of aliphatic imine (C=N–C) groups is 1. The maximum Gasteiger partial charge on any atom is 0.254 e. The van der Waals surface area contributed by atoms with Gasteiger partial charge in [0.15, 0.2) is 6.04 Å². The molecule has 0 aromatic heterocycles. The largest absolute Gasteiger partial charge is 0.324 e. The Labute approximate surface area is 80.5 Å². The number of hydrogen-bond donors (Lipinski definition) is 1. The number of thiocarbonyl (C=S) groups is 1. The highest BCUT2D eigenvalue weighted by atomic mass is 32.1. The Hall–Kier alpha value is -1.51. The Morgan fingerprint density at radius 2 is 2.23 bits per heavy atom. The lowest BCUT2D eigenvalue weighted by atomic mass is 10.1. The lowest BCUT2D eigenvalue weighted by Crippen LogP contribution is -2.09. The van der Waals surface area contributed by atoms with Gasteiger partial charge in [0.05, 0.1) is 5.16 Å². The average Bonchev–Trinajstić information content (AvgIpc) is 2.44. The van der Waals surface area contributed by atoms with Gasteiger partial charge in [-0.3, -0.25) is 4.79 Å². The summed E-state index contributed by atoms with van der Waals surface area (Å²) in [6.07, 6.45) is 0. The van der Waals surface area contributed by atoms with E-state index in [-0.39, 0.29) is 5.91 Å². The van der Waals surface area contributed by atoms with Crippen molar-refractivity contribution >= 4 is 29.0 Å². The van der Waals surface area contributed by atoms with Crippen LogP contribution in [0.1, 0.15) is 11.6 Å². The Kier molecular flexibility index (Phi) is 1.93. The van der Waals surface area contributed by atoms with Gasteiger partial charge in [-0.2, -0.15) is 0 Å². The molecular weight excluding hydrogens is 184 g/mol. The molecule has 2 rings (SSSR count). The Morgan fingerprint density at radius 3 is 3.00 bits per heavy atom. The number of nitrogens with one attached hydrogen (secondary N) is 1. The van der Waals surface area contributed by atoms with Crippen molar-refractivity contribution < 1.29 is 4.79 Å². The summed E-state index contributed by atoms with van der Waals surface area (Å²) in [5.41, 5.74) is 1.68. The maximum absolute atomic E-state index is 11.3. The molecule has 0 fully saturated rings. The van der Waals surface area contributed by atoms with Gasteiger partial charge >= 0.3 is 0 Å². The molecule has 0 saturated carbocycles. The SMILES string of the molecule is O=C1Nc2ccccc2C1N=C=S. The van der Waals surface area contributed by atoms with Crippen molar-refractivity contribution in [1.29, 1.82) is 0 Å². The summed E-state index contributed by atoms with van der Waals surface area (Å²) >= 11 is 4.47. The molecule has 0 bridgehead atoms. The van der Waals surface area contributed by atoms with Crippen LogP contribution >= 0.6 is 12.2 Å². The van der Waals surface area contributed by atoms with E-state index in [0.717, 1.165) is 11.3 Å². The molecule has 3 nitrogen and oxygen atoms in total. The van der Waals surface area contributed by atoms with Gasteiger partial charge < -0.3 is 5.32 Å². The quantitative estimate of drug-likeness (QED) is 0.541. The smallest absolute Gasteiger partial charge is 0.254 e. The molecule has 1 aliphatic heterocycles. The van der Waals surface area contributed by atoms with Crippen LogP contribution in [0, 0.1) is 0 Å². The number of carbonyl (C=O) groups excluding carboxylic acids is 1. The van der Waals surface area contributed by atoms with Crippen LogP contribution in [-0.4, -0.2) is 11.1 Å². The lowest BCUT2D eigenvalue weighted by Gasteiger charge is -1.97. The molecule has 1 atom stereocenters. The molecule has 0 radical (unpaired) electrons.